The molecule has 0 radical (unpaired) electrons. The Hall–Kier alpha value is -1.63. The zero-order valence-electron chi connectivity index (χ0n) is 15.6. The monoisotopic (exact) mass is 347 g/mol. The summed E-state index contributed by atoms with van der Waals surface area (Å²) < 4.78 is 0. The van der Waals surface area contributed by atoms with Gasteiger partial charge in [0.15, 0.2) is 0 Å². The molecule has 0 spiro atoms. The van der Waals surface area contributed by atoms with E-state index in [0.29, 0.717) is 6.04 Å². The second kappa shape index (κ2) is 6.83. The van der Waals surface area contributed by atoms with Crippen LogP contribution in [0.25, 0.3) is 0 Å². The maximum absolute atomic E-state index is 9.47. The van der Waals surface area contributed by atoms with Gasteiger partial charge in [-0.2, -0.15) is 5.26 Å². The van der Waals surface area contributed by atoms with E-state index in [9.17, 15) is 5.26 Å². The second-order valence-corrected chi connectivity index (χ2v) is 8.75. The fraction of sp³-hybridized carbons (Fsp3) is 0.609. The van der Waals surface area contributed by atoms with Gasteiger partial charge >= 0.3 is 0 Å². The molecule has 3 heterocycles. The molecular weight excluding hydrogens is 318 g/mol. The van der Waals surface area contributed by atoms with E-state index in [1.165, 1.54) is 63.7 Å². The van der Waals surface area contributed by atoms with Gasteiger partial charge in [0.2, 0.25) is 0 Å². The molecule has 3 fully saturated rings. The van der Waals surface area contributed by atoms with Gasteiger partial charge in [-0.3, -0.25) is 9.80 Å². The van der Waals surface area contributed by atoms with Crippen LogP contribution in [-0.4, -0.2) is 41.5 Å². The summed E-state index contributed by atoms with van der Waals surface area (Å²) in [6.07, 6.45) is 10.8. The number of hydrogen-bond acceptors (Lipinski definition) is 3. The third-order valence-corrected chi connectivity index (χ3v) is 7.27. The lowest BCUT2D eigenvalue weighted by Crippen LogP contribution is -2.59. The van der Waals surface area contributed by atoms with E-state index >= 15 is 0 Å². The smallest absolute Gasteiger partial charge is 0.0995 e. The summed E-state index contributed by atoms with van der Waals surface area (Å²) in [4.78, 5) is 5.50. The second-order valence-electron chi connectivity index (χ2n) is 8.75. The summed E-state index contributed by atoms with van der Waals surface area (Å²) in [5, 5.41) is 9.47. The van der Waals surface area contributed by atoms with E-state index in [1.807, 2.05) is 12.1 Å². The van der Waals surface area contributed by atoms with Crippen LogP contribution in [0.3, 0.4) is 0 Å². The van der Waals surface area contributed by atoms with Crippen LogP contribution in [0.15, 0.2) is 35.9 Å². The molecule has 4 atom stereocenters. The van der Waals surface area contributed by atoms with Crippen molar-refractivity contribution in [2.45, 2.75) is 57.2 Å². The number of hydrogen-bond donors (Lipinski definition) is 0. The van der Waals surface area contributed by atoms with E-state index in [-0.39, 0.29) is 0 Å². The van der Waals surface area contributed by atoms with Gasteiger partial charge < -0.3 is 0 Å². The van der Waals surface area contributed by atoms with Gasteiger partial charge in [-0.25, -0.2) is 0 Å². The van der Waals surface area contributed by atoms with Crippen molar-refractivity contribution in [2.24, 2.45) is 11.8 Å². The molecule has 0 amide bonds. The van der Waals surface area contributed by atoms with Gasteiger partial charge in [0.25, 0.3) is 0 Å². The van der Waals surface area contributed by atoms with Crippen LogP contribution >= 0.6 is 0 Å². The third kappa shape index (κ3) is 2.80. The molecule has 2 unspecified atom stereocenters. The Morgan fingerprint density at radius 2 is 2.04 bits per heavy atom. The van der Waals surface area contributed by atoms with Crippen molar-refractivity contribution in [3.8, 4) is 6.07 Å². The molecule has 3 heteroatoms. The lowest BCUT2D eigenvalue weighted by Gasteiger charge is -2.54. The normalized spacial score (nSPS) is 34.3. The first-order valence-electron chi connectivity index (χ1n) is 10.5. The highest BCUT2D eigenvalue weighted by atomic mass is 15.2. The van der Waals surface area contributed by atoms with Gasteiger partial charge in [0.1, 0.15) is 0 Å². The lowest BCUT2D eigenvalue weighted by atomic mass is 9.68. The molecule has 1 aromatic carbocycles. The van der Waals surface area contributed by atoms with Crippen LogP contribution in [0.4, 0.5) is 0 Å². The number of nitrogens with zero attached hydrogens (tertiary/aromatic N) is 3. The quantitative estimate of drug-likeness (QED) is 0.759. The summed E-state index contributed by atoms with van der Waals surface area (Å²) in [5.41, 5.74) is 3.76. The number of rotatable bonds is 2. The Bertz CT molecular complexity index is 746. The zero-order valence-corrected chi connectivity index (χ0v) is 15.6. The first-order chi connectivity index (χ1) is 12.8. The summed E-state index contributed by atoms with van der Waals surface area (Å²) in [7, 11) is 0. The number of nitriles is 1. The molecule has 2 bridgehead atoms. The Morgan fingerprint density at radius 3 is 2.96 bits per heavy atom. The van der Waals surface area contributed by atoms with Crippen LogP contribution < -0.4 is 0 Å². The Labute approximate surface area is 157 Å². The van der Waals surface area contributed by atoms with Gasteiger partial charge in [-0.05, 0) is 68.7 Å². The van der Waals surface area contributed by atoms with Crippen molar-refractivity contribution in [1.29, 1.82) is 5.26 Å². The highest BCUT2D eigenvalue weighted by Gasteiger charge is 2.45. The SMILES string of the molecule is N#Cc1ccccc1CN1CCCC2=CC3CC(CN4CCCC[C@H]34)[C@@H]21. The average molecular weight is 348 g/mol. The van der Waals surface area contributed by atoms with Crippen LogP contribution in [0.2, 0.25) is 0 Å². The molecule has 3 aliphatic heterocycles. The van der Waals surface area contributed by atoms with E-state index in [1.54, 1.807) is 5.57 Å². The van der Waals surface area contributed by atoms with Crippen molar-refractivity contribution in [1.82, 2.24) is 9.80 Å². The fourth-order valence-electron chi connectivity index (χ4n) is 6.25. The molecule has 136 valence electrons. The minimum absolute atomic E-state index is 0.606. The minimum Gasteiger partial charge on any atom is -0.299 e. The highest BCUT2D eigenvalue weighted by molar-refractivity contribution is 5.37. The first-order valence-corrected chi connectivity index (χ1v) is 10.5. The van der Waals surface area contributed by atoms with Gasteiger partial charge in [-0.1, -0.05) is 36.3 Å². The van der Waals surface area contributed by atoms with E-state index in [2.05, 4.69) is 34.1 Å². The first kappa shape index (κ1) is 16.5. The van der Waals surface area contributed by atoms with Crippen molar-refractivity contribution >= 4 is 0 Å². The summed E-state index contributed by atoms with van der Waals surface area (Å²) in [6.45, 7) is 4.70. The predicted molar refractivity (Wildman–Crippen MR) is 103 cm³/mol. The molecule has 0 saturated carbocycles. The van der Waals surface area contributed by atoms with Gasteiger partial charge in [0, 0.05) is 25.2 Å². The fourth-order valence-corrected chi connectivity index (χ4v) is 6.25. The van der Waals surface area contributed by atoms with Crippen molar-refractivity contribution < 1.29 is 0 Å². The van der Waals surface area contributed by atoms with E-state index < -0.39 is 0 Å². The van der Waals surface area contributed by atoms with Crippen LogP contribution in [0.1, 0.15) is 49.7 Å². The summed E-state index contributed by atoms with van der Waals surface area (Å²) >= 11 is 0. The Morgan fingerprint density at radius 1 is 1.12 bits per heavy atom. The van der Waals surface area contributed by atoms with E-state index in [0.717, 1.165) is 30.0 Å². The summed E-state index contributed by atoms with van der Waals surface area (Å²) in [6, 6.07) is 12.0. The molecule has 3 saturated heterocycles. The zero-order chi connectivity index (χ0) is 17.5. The van der Waals surface area contributed by atoms with Crippen molar-refractivity contribution in [3.63, 3.8) is 0 Å². The number of piperidine rings is 3. The van der Waals surface area contributed by atoms with E-state index in [4.69, 9.17) is 0 Å². The Kier molecular flexibility index (Phi) is 4.35. The average Bonchev–Trinajstić information content (AvgIpc) is 2.68. The van der Waals surface area contributed by atoms with Crippen LogP contribution in [0.5, 0.6) is 0 Å². The number of benzene rings is 1. The third-order valence-electron chi connectivity index (χ3n) is 7.27. The van der Waals surface area contributed by atoms with Gasteiger partial charge in [0.05, 0.1) is 11.6 Å². The van der Waals surface area contributed by atoms with Crippen LogP contribution in [0, 0.1) is 23.2 Å². The maximum Gasteiger partial charge on any atom is 0.0995 e. The predicted octanol–water partition coefficient (Wildman–Crippen LogP) is 3.95. The highest BCUT2D eigenvalue weighted by Crippen LogP contribution is 2.45. The van der Waals surface area contributed by atoms with Crippen LogP contribution in [-0.2, 0) is 6.54 Å². The molecule has 5 rings (SSSR count). The molecule has 0 N–H and O–H groups in total. The molecule has 3 nitrogen and oxygen atoms in total. The molecule has 4 aliphatic rings. The van der Waals surface area contributed by atoms with Gasteiger partial charge in [-0.15, -0.1) is 0 Å². The van der Waals surface area contributed by atoms with Crippen molar-refractivity contribution in [3.05, 3.63) is 47.0 Å². The number of fused-ring (bicyclic) bond motifs is 6. The molecule has 1 aliphatic carbocycles. The Balaban J connectivity index is 1.43. The maximum atomic E-state index is 9.47. The topological polar surface area (TPSA) is 30.3 Å². The lowest BCUT2D eigenvalue weighted by molar-refractivity contribution is -0.00266. The molecule has 26 heavy (non-hydrogen) atoms. The standard InChI is InChI=1S/C23H29N3/c24-14-18-6-1-2-7-19(18)15-26-11-5-8-17-12-20-13-21(23(17)26)16-25-10-4-3-9-22(20)25/h1-2,6-7,12,20-23H,3-5,8-11,13,15-16H2/t20?,21?,22-,23-/m1/s1. The largest absolute Gasteiger partial charge is 0.299 e. The molecule has 1 aromatic rings. The minimum atomic E-state index is 0.606. The summed E-state index contributed by atoms with van der Waals surface area (Å²) in [5.74, 6) is 1.58. The van der Waals surface area contributed by atoms with Crippen molar-refractivity contribution in [2.75, 3.05) is 19.6 Å². The number of likely N-dealkylation sites (tertiary alicyclic amines) is 1. The molecular formula is C23H29N3. The molecule has 0 aromatic heterocycles.